The standard InChI is InChI=1S/C6H10S/c1-3-6(4-2)5-7/h3-4,7H,1,5H2,2H3. The molecule has 0 aromatic carbocycles. The fraction of sp³-hybridized carbons (Fsp3) is 0.333. The quantitative estimate of drug-likeness (QED) is 0.412. The number of hydrogen-bond donors (Lipinski definition) is 1. The Hall–Kier alpha value is -0.170. The second kappa shape index (κ2) is 4.00. The highest BCUT2D eigenvalue weighted by Gasteiger charge is 1.78. The van der Waals surface area contributed by atoms with Gasteiger partial charge in [0.15, 0.2) is 0 Å². The molecule has 40 valence electrons. The molecule has 0 aliphatic heterocycles. The van der Waals surface area contributed by atoms with Crippen molar-refractivity contribution in [3.05, 3.63) is 24.3 Å². The molecule has 0 atom stereocenters. The van der Waals surface area contributed by atoms with E-state index in [2.05, 4.69) is 19.2 Å². The van der Waals surface area contributed by atoms with E-state index in [9.17, 15) is 0 Å². The van der Waals surface area contributed by atoms with Crippen molar-refractivity contribution in [1.29, 1.82) is 0 Å². The Morgan fingerprint density at radius 3 is 2.43 bits per heavy atom. The molecule has 0 nitrogen and oxygen atoms in total. The first-order valence-corrected chi connectivity index (χ1v) is 2.87. The predicted octanol–water partition coefficient (Wildman–Crippen LogP) is 2.05. The fourth-order valence-electron chi connectivity index (χ4n) is 0.274. The van der Waals surface area contributed by atoms with Crippen LogP contribution in [-0.4, -0.2) is 5.75 Å². The van der Waals surface area contributed by atoms with Crippen molar-refractivity contribution in [2.45, 2.75) is 6.92 Å². The molecule has 0 spiro atoms. The van der Waals surface area contributed by atoms with Crippen molar-refractivity contribution in [3.8, 4) is 0 Å². The Morgan fingerprint density at radius 2 is 2.43 bits per heavy atom. The number of rotatable bonds is 2. The summed E-state index contributed by atoms with van der Waals surface area (Å²) in [5.41, 5.74) is 1.18. The summed E-state index contributed by atoms with van der Waals surface area (Å²) in [7, 11) is 0. The van der Waals surface area contributed by atoms with Gasteiger partial charge in [0.2, 0.25) is 0 Å². The van der Waals surface area contributed by atoms with Gasteiger partial charge in [-0.2, -0.15) is 12.6 Å². The third-order valence-corrected chi connectivity index (χ3v) is 1.18. The van der Waals surface area contributed by atoms with E-state index in [-0.39, 0.29) is 0 Å². The molecular weight excluding hydrogens is 104 g/mol. The lowest BCUT2D eigenvalue weighted by Crippen LogP contribution is -1.73. The summed E-state index contributed by atoms with van der Waals surface area (Å²) >= 11 is 4.04. The van der Waals surface area contributed by atoms with Gasteiger partial charge in [-0.15, -0.1) is 0 Å². The van der Waals surface area contributed by atoms with Crippen LogP contribution >= 0.6 is 12.6 Å². The molecule has 0 saturated heterocycles. The van der Waals surface area contributed by atoms with Gasteiger partial charge in [0.05, 0.1) is 0 Å². The van der Waals surface area contributed by atoms with Crippen LogP contribution in [0, 0.1) is 0 Å². The monoisotopic (exact) mass is 114 g/mol. The lowest BCUT2D eigenvalue weighted by Gasteiger charge is -1.87. The first kappa shape index (κ1) is 6.83. The Morgan fingerprint density at radius 1 is 1.86 bits per heavy atom. The molecule has 7 heavy (non-hydrogen) atoms. The van der Waals surface area contributed by atoms with Gasteiger partial charge in [-0.25, -0.2) is 0 Å². The van der Waals surface area contributed by atoms with E-state index in [4.69, 9.17) is 0 Å². The van der Waals surface area contributed by atoms with E-state index in [0.29, 0.717) is 0 Å². The average Bonchev–Trinajstić information content (AvgIpc) is 1.72. The Labute approximate surface area is 50.3 Å². The number of thiol groups is 1. The molecule has 0 unspecified atom stereocenters. The Kier molecular flexibility index (Phi) is 3.90. The zero-order valence-corrected chi connectivity index (χ0v) is 5.41. The van der Waals surface area contributed by atoms with Crippen LogP contribution in [0.5, 0.6) is 0 Å². The zero-order valence-electron chi connectivity index (χ0n) is 4.52. The van der Waals surface area contributed by atoms with Crippen molar-refractivity contribution in [3.63, 3.8) is 0 Å². The van der Waals surface area contributed by atoms with Crippen molar-refractivity contribution in [2.75, 3.05) is 5.75 Å². The minimum absolute atomic E-state index is 0.792. The summed E-state index contributed by atoms with van der Waals surface area (Å²) in [5, 5.41) is 0. The van der Waals surface area contributed by atoms with E-state index >= 15 is 0 Å². The third kappa shape index (κ3) is 2.52. The van der Waals surface area contributed by atoms with Crippen LogP contribution in [-0.2, 0) is 0 Å². The molecule has 0 rings (SSSR count). The average molecular weight is 114 g/mol. The molecule has 0 N–H and O–H groups in total. The topological polar surface area (TPSA) is 0 Å². The molecule has 0 aromatic rings. The van der Waals surface area contributed by atoms with Gasteiger partial charge in [-0.1, -0.05) is 18.7 Å². The molecule has 0 aliphatic rings. The minimum Gasteiger partial charge on any atom is -0.175 e. The molecule has 1 heteroatoms. The van der Waals surface area contributed by atoms with Crippen molar-refractivity contribution in [2.24, 2.45) is 0 Å². The Balaban J connectivity index is 3.60. The third-order valence-electron chi connectivity index (χ3n) is 0.816. The summed E-state index contributed by atoms with van der Waals surface area (Å²) in [6.07, 6.45) is 3.81. The molecule has 0 radical (unpaired) electrons. The largest absolute Gasteiger partial charge is 0.175 e. The summed E-state index contributed by atoms with van der Waals surface area (Å²) in [5.74, 6) is 0.792. The van der Waals surface area contributed by atoms with Crippen LogP contribution < -0.4 is 0 Å². The van der Waals surface area contributed by atoms with E-state index in [1.807, 2.05) is 19.1 Å². The lowest BCUT2D eigenvalue weighted by molar-refractivity contribution is 1.51. The molecule has 0 aromatic heterocycles. The van der Waals surface area contributed by atoms with Crippen molar-refractivity contribution >= 4 is 12.6 Å². The first-order valence-electron chi connectivity index (χ1n) is 2.23. The van der Waals surface area contributed by atoms with Crippen molar-refractivity contribution in [1.82, 2.24) is 0 Å². The van der Waals surface area contributed by atoms with Gasteiger partial charge in [0.1, 0.15) is 0 Å². The van der Waals surface area contributed by atoms with Crippen LogP contribution in [0.15, 0.2) is 24.3 Å². The number of allylic oxidation sites excluding steroid dienone is 2. The highest BCUT2D eigenvalue weighted by atomic mass is 32.1. The van der Waals surface area contributed by atoms with Crippen LogP contribution in [0.2, 0.25) is 0 Å². The maximum Gasteiger partial charge on any atom is 0.0150 e. The van der Waals surface area contributed by atoms with E-state index < -0.39 is 0 Å². The summed E-state index contributed by atoms with van der Waals surface area (Å²) in [6.45, 7) is 5.56. The van der Waals surface area contributed by atoms with Gasteiger partial charge in [-0.05, 0) is 12.5 Å². The summed E-state index contributed by atoms with van der Waals surface area (Å²) in [6, 6.07) is 0. The highest BCUT2D eigenvalue weighted by Crippen LogP contribution is 1.95. The maximum absolute atomic E-state index is 4.04. The smallest absolute Gasteiger partial charge is 0.0150 e. The second-order valence-corrected chi connectivity index (χ2v) is 1.54. The SMILES string of the molecule is C=CC(=CC)CS. The van der Waals surface area contributed by atoms with Crippen LogP contribution in [0.3, 0.4) is 0 Å². The van der Waals surface area contributed by atoms with Gasteiger partial charge in [0.25, 0.3) is 0 Å². The van der Waals surface area contributed by atoms with Crippen LogP contribution in [0.25, 0.3) is 0 Å². The van der Waals surface area contributed by atoms with E-state index in [1.165, 1.54) is 5.57 Å². The summed E-state index contributed by atoms with van der Waals surface area (Å²) in [4.78, 5) is 0. The van der Waals surface area contributed by atoms with Crippen LogP contribution in [0.4, 0.5) is 0 Å². The van der Waals surface area contributed by atoms with Gasteiger partial charge < -0.3 is 0 Å². The minimum atomic E-state index is 0.792. The van der Waals surface area contributed by atoms with Gasteiger partial charge in [0, 0.05) is 5.75 Å². The zero-order chi connectivity index (χ0) is 5.70. The van der Waals surface area contributed by atoms with E-state index in [0.717, 1.165) is 5.75 Å². The van der Waals surface area contributed by atoms with Crippen molar-refractivity contribution < 1.29 is 0 Å². The molecule has 0 saturated carbocycles. The van der Waals surface area contributed by atoms with E-state index in [1.54, 1.807) is 0 Å². The Bertz CT molecular complexity index is 82.2. The molecule has 0 amide bonds. The van der Waals surface area contributed by atoms with Crippen LogP contribution in [0.1, 0.15) is 6.92 Å². The normalized spacial score (nSPS) is 11.4. The molecular formula is C6H10S. The highest BCUT2D eigenvalue weighted by molar-refractivity contribution is 7.80. The number of hydrogen-bond acceptors (Lipinski definition) is 1. The fourth-order valence-corrected chi connectivity index (χ4v) is 0.585. The van der Waals surface area contributed by atoms with Gasteiger partial charge >= 0.3 is 0 Å². The van der Waals surface area contributed by atoms with Gasteiger partial charge in [-0.3, -0.25) is 0 Å². The second-order valence-electron chi connectivity index (χ2n) is 1.23. The maximum atomic E-state index is 4.04. The molecule has 0 heterocycles. The molecule has 0 fully saturated rings. The molecule has 0 aliphatic carbocycles. The first-order chi connectivity index (χ1) is 3.35. The lowest BCUT2D eigenvalue weighted by atomic mass is 10.3. The predicted molar refractivity (Wildman–Crippen MR) is 37.8 cm³/mol. The molecule has 0 bridgehead atoms. The summed E-state index contributed by atoms with van der Waals surface area (Å²) < 4.78 is 0.